The molecule has 19 heavy (non-hydrogen) atoms. The predicted molar refractivity (Wildman–Crippen MR) is 66.9 cm³/mol. The van der Waals surface area contributed by atoms with Gasteiger partial charge in [-0.1, -0.05) is 6.42 Å². The van der Waals surface area contributed by atoms with Gasteiger partial charge in [0.25, 0.3) is 0 Å². The maximum Gasteiger partial charge on any atom is 0.325 e. The fourth-order valence-electron chi connectivity index (χ4n) is 2.25. The van der Waals surface area contributed by atoms with Crippen LogP contribution < -0.4 is 4.72 Å². The molecule has 7 nitrogen and oxygen atoms in total. The minimum atomic E-state index is -3.83. The summed E-state index contributed by atoms with van der Waals surface area (Å²) in [6, 6.07) is 0. The number of hydrogen-bond donors (Lipinski definition) is 2. The van der Waals surface area contributed by atoms with Crippen LogP contribution in [0.4, 0.5) is 0 Å². The largest absolute Gasteiger partial charge is 0.481 e. The highest BCUT2D eigenvalue weighted by atomic mass is 32.2. The van der Waals surface area contributed by atoms with Crippen LogP contribution in [0.25, 0.3) is 0 Å². The molecule has 2 N–H and O–H groups in total. The smallest absolute Gasteiger partial charge is 0.325 e. The van der Waals surface area contributed by atoms with Gasteiger partial charge in [0, 0.05) is 6.54 Å². The lowest BCUT2D eigenvalue weighted by atomic mass is 9.97. The van der Waals surface area contributed by atoms with Crippen molar-refractivity contribution in [2.24, 2.45) is 11.8 Å². The van der Waals surface area contributed by atoms with Crippen LogP contribution in [0.5, 0.6) is 0 Å². The summed E-state index contributed by atoms with van der Waals surface area (Å²) in [5.41, 5.74) is 0. The maximum absolute atomic E-state index is 11.8. The molecule has 1 rings (SSSR count). The van der Waals surface area contributed by atoms with Crippen LogP contribution in [0, 0.1) is 11.8 Å². The Labute approximate surface area is 112 Å². The van der Waals surface area contributed by atoms with Crippen LogP contribution in [0.3, 0.4) is 0 Å². The summed E-state index contributed by atoms with van der Waals surface area (Å²) in [4.78, 5) is 22.2. The molecule has 0 saturated heterocycles. The van der Waals surface area contributed by atoms with Gasteiger partial charge in [-0.05, 0) is 25.7 Å². The van der Waals surface area contributed by atoms with Crippen molar-refractivity contribution < 1.29 is 27.9 Å². The second-order valence-electron chi connectivity index (χ2n) is 4.69. The van der Waals surface area contributed by atoms with Gasteiger partial charge in [0.15, 0.2) is 5.25 Å². The number of nitrogens with one attached hydrogen (secondary N) is 1. The van der Waals surface area contributed by atoms with Crippen molar-refractivity contribution in [3.8, 4) is 0 Å². The molecule has 0 heterocycles. The van der Waals surface area contributed by atoms with E-state index in [1.165, 1.54) is 6.92 Å². The van der Waals surface area contributed by atoms with Crippen LogP contribution in [-0.4, -0.2) is 44.4 Å². The molecule has 0 aliphatic heterocycles. The lowest BCUT2D eigenvalue weighted by Crippen LogP contribution is -2.41. The average Bonchev–Trinajstić information content (AvgIpc) is 2.83. The first-order chi connectivity index (χ1) is 8.79. The first-order valence-corrected chi connectivity index (χ1v) is 7.63. The van der Waals surface area contributed by atoms with E-state index in [0.717, 1.165) is 13.5 Å². The minimum Gasteiger partial charge on any atom is -0.481 e. The zero-order chi connectivity index (χ0) is 14.6. The summed E-state index contributed by atoms with van der Waals surface area (Å²) >= 11 is 0. The van der Waals surface area contributed by atoms with E-state index in [4.69, 9.17) is 5.11 Å². The van der Waals surface area contributed by atoms with Gasteiger partial charge >= 0.3 is 11.9 Å². The minimum absolute atomic E-state index is 0.0423. The number of carbonyl (C=O) groups excluding carboxylic acids is 1. The summed E-state index contributed by atoms with van der Waals surface area (Å²) < 4.78 is 30.3. The Bertz CT molecular complexity index is 446. The molecule has 0 aromatic heterocycles. The normalized spacial score (nSPS) is 24.9. The number of esters is 1. The van der Waals surface area contributed by atoms with Gasteiger partial charge in [0.1, 0.15) is 0 Å². The number of rotatable bonds is 6. The third-order valence-electron chi connectivity index (χ3n) is 3.52. The predicted octanol–water partition coefficient (Wildman–Crippen LogP) is -0.0318. The summed E-state index contributed by atoms with van der Waals surface area (Å²) in [5.74, 6) is -2.48. The van der Waals surface area contributed by atoms with Gasteiger partial charge in [-0.25, -0.2) is 13.1 Å². The second kappa shape index (κ2) is 6.33. The molecule has 1 aliphatic carbocycles. The Balaban J connectivity index is 2.60. The zero-order valence-corrected chi connectivity index (χ0v) is 11.8. The lowest BCUT2D eigenvalue weighted by molar-refractivity contribution is -0.143. The number of carbonyl (C=O) groups is 2. The molecule has 0 aromatic carbocycles. The first kappa shape index (κ1) is 15.9. The highest BCUT2D eigenvalue weighted by Crippen LogP contribution is 2.31. The topological polar surface area (TPSA) is 110 Å². The van der Waals surface area contributed by atoms with Crippen LogP contribution >= 0.6 is 0 Å². The number of carboxylic acids is 1. The fourth-order valence-corrected chi connectivity index (χ4v) is 3.29. The molecular formula is C11H19NO6S. The number of ether oxygens (including phenoxy) is 1. The van der Waals surface area contributed by atoms with E-state index >= 15 is 0 Å². The van der Waals surface area contributed by atoms with Gasteiger partial charge < -0.3 is 9.84 Å². The molecule has 0 radical (unpaired) electrons. The highest BCUT2D eigenvalue weighted by molar-refractivity contribution is 7.90. The Morgan fingerprint density at radius 2 is 2.05 bits per heavy atom. The van der Waals surface area contributed by atoms with E-state index in [-0.39, 0.29) is 12.5 Å². The standard InChI is InChI=1S/C11H19NO6S/c1-7(11(15)18-2)19(16,17)12-6-8-4-3-5-9(8)10(13)14/h7-9,12H,3-6H2,1-2H3,(H,13,14). The number of carboxylic acid groups (broad SMARTS) is 1. The van der Waals surface area contributed by atoms with Crippen molar-refractivity contribution in [1.82, 2.24) is 4.72 Å². The number of methoxy groups -OCH3 is 1. The molecule has 1 aliphatic rings. The van der Waals surface area contributed by atoms with E-state index in [1.807, 2.05) is 0 Å². The molecule has 0 aromatic rings. The number of aliphatic carboxylic acids is 1. The molecule has 3 unspecified atom stereocenters. The quantitative estimate of drug-likeness (QED) is 0.665. The van der Waals surface area contributed by atoms with E-state index in [9.17, 15) is 18.0 Å². The number of sulfonamides is 1. The molecule has 8 heteroatoms. The maximum atomic E-state index is 11.8. The fraction of sp³-hybridized carbons (Fsp3) is 0.818. The lowest BCUT2D eigenvalue weighted by Gasteiger charge is -2.18. The molecule has 0 bridgehead atoms. The van der Waals surface area contributed by atoms with Crippen molar-refractivity contribution >= 4 is 22.0 Å². The number of hydrogen-bond acceptors (Lipinski definition) is 5. The Morgan fingerprint density at radius 1 is 1.42 bits per heavy atom. The Hall–Kier alpha value is -1.15. The van der Waals surface area contributed by atoms with Crippen molar-refractivity contribution in [3.05, 3.63) is 0 Å². The van der Waals surface area contributed by atoms with Gasteiger partial charge in [0.05, 0.1) is 13.0 Å². The third-order valence-corrected chi connectivity index (χ3v) is 5.21. The molecule has 1 fully saturated rings. The van der Waals surface area contributed by atoms with E-state index in [1.54, 1.807) is 0 Å². The molecule has 1 saturated carbocycles. The van der Waals surface area contributed by atoms with E-state index in [0.29, 0.717) is 12.8 Å². The zero-order valence-electron chi connectivity index (χ0n) is 11.0. The third kappa shape index (κ3) is 3.90. The second-order valence-corrected chi connectivity index (χ2v) is 6.78. The Morgan fingerprint density at radius 3 is 2.58 bits per heavy atom. The van der Waals surface area contributed by atoms with E-state index < -0.39 is 33.1 Å². The van der Waals surface area contributed by atoms with Crippen molar-refractivity contribution in [2.45, 2.75) is 31.4 Å². The van der Waals surface area contributed by atoms with Crippen LogP contribution in [0.15, 0.2) is 0 Å². The molecular weight excluding hydrogens is 274 g/mol. The van der Waals surface area contributed by atoms with Gasteiger partial charge in [-0.15, -0.1) is 0 Å². The van der Waals surface area contributed by atoms with Gasteiger partial charge in [-0.2, -0.15) is 0 Å². The van der Waals surface area contributed by atoms with Gasteiger partial charge in [0.2, 0.25) is 10.0 Å². The van der Waals surface area contributed by atoms with E-state index in [2.05, 4.69) is 9.46 Å². The monoisotopic (exact) mass is 293 g/mol. The average molecular weight is 293 g/mol. The van der Waals surface area contributed by atoms with Gasteiger partial charge in [-0.3, -0.25) is 9.59 Å². The summed E-state index contributed by atoms with van der Waals surface area (Å²) in [5, 5.41) is 7.69. The van der Waals surface area contributed by atoms with Crippen LogP contribution in [0.1, 0.15) is 26.2 Å². The van der Waals surface area contributed by atoms with Crippen molar-refractivity contribution in [2.75, 3.05) is 13.7 Å². The summed E-state index contributed by atoms with van der Waals surface area (Å²) in [6.45, 7) is 1.28. The summed E-state index contributed by atoms with van der Waals surface area (Å²) in [7, 11) is -2.71. The summed E-state index contributed by atoms with van der Waals surface area (Å²) in [6.07, 6.45) is 2.01. The molecule has 110 valence electrons. The highest BCUT2D eigenvalue weighted by Gasteiger charge is 2.35. The first-order valence-electron chi connectivity index (χ1n) is 6.08. The van der Waals surface area contributed by atoms with Crippen LogP contribution in [-0.2, 0) is 24.3 Å². The molecule has 3 atom stereocenters. The molecule has 0 amide bonds. The Kier molecular flexibility index (Phi) is 5.30. The SMILES string of the molecule is COC(=O)C(C)S(=O)(=O)NCC1CCCC1C(=O)O. The van der Waals surface area contributed by atoms with Crippen molar-refractivity contribution in [3.63, 3.8) is 0 Å². The van der Waals surface area contributed by atoms with Crippen LogP contribution in [0.2, 0.25) is 0 Å². The van der Waals surface area contributed by atoms with Crippen molar-refractivity contribution in [1.29, 1.82) is 0 Å². The molecule has 0 spiro atoms.